The number of amides is 1. The molecule has 2 atom stereocenters. The molecule has 0 bridgehead atoms. The van der Waals surface area contributed by atoms with Gasteiger partial charge in [-0.3, -0.25) is 4.79 Å². The number of H-pyrrole nitrogens is 1. The lowest BCUT2D eigenvalue weighted by Gasteiger charge is -2.35. The topological polar surface area (TPSA) is 82.6 Å². The van der Waals surface area contributed by atoms with Gasteiger partial charge in [-0.1, -0.05) is 6.07 Å². The summed E-state index contributed by atoms with van der Waals surface area (Å²) in [6.07, 6.45) is 1.71. The van der Waals surface area contributed by atoms with Gasteiger partial charge in [-0.2, -0.15) is 0 Å². The van der Waals surface area contributed by atoms with Crippen molar-refractivity contribution in [2.45, 2.75) is 32.0 Å². The molecule has 1 saturated heterocycles. The molecule has 0 saturated carbocycles. The molecule has 0 aliphatic carbocycles. The van der Waals surface area contributed by atoms with Gasteiger partial charge in [0.25, 0.3) is 0 Å². The lowest BCUT2D eigenvalue weighted by Crippen LogP contribution is -2.51. The predicted octanol–water partition coefficient (Wildman–Crippen LogP) is 1.80. The fourth-order valence-corrected chi connectivity index (χ4v) is 2.96. The van der Waals surface area contributed by atoms with Crippen molar-refractivity contribution in [1.29, 1.82) is 0 Å². The maximum atomic E-state index is 12.4. The van der Waals surface area contributed by atoms with Crippen LogP contribution in [0.3, 0.4) is 0 Å². The molecule has 3 rings (SSSR count). The van der Waals surface area contributed by atoms with E-state index in [1.54, 1.807) is 11.8 Å². The number of hydrogen-bond acceptors (Lipinski definition) is 3. The minimum Gasteiger partial charge on any atom is -0.479 e. The summed E-state index contributed by atoms with van der Waals surface area (Å²) in [5.41, 5.74) is 2.17. The standard InChI is InChI=1S/C17H20N2O4/c1-11-9-19(10-15(23-11)17(21)22)16(20)5-3-12-2-4-14-13(8-12)6-7-18-14/h2,4,6-8,11,15,18H,3,5,9-10H2,1H3,(H,21,22)/t11-,15?/m1/s1. The number of aromatic nitrogens is 1. The van der Waals surface area contributed by atoms with Gasteiger partial charge in [0.15, 0.2) is 6.10 Å². The number of carboxylic acids is 1. The molecule has 1 fully saturated rings. The summed E-state index contributed by atoms with van der Waals surface area (Å²) in [7, 11) is 0. The number of aliphatic carboxylic acids is 1. The number of nitrogens with zero attached hydrogens (tertiary/aromatic N) is 1. The van der Waals surface area contributed by atoms with E-state index >= 15 is 0 Å². The third-order valence-corrected chi connectivity index (χ3v) is 4.13. The third-order valence-electron chi connectivity index (χ3n) is 4.13. The number of hydrogen-bond donors (Lipinski definition) is 2. The second-order valence-corrected chi connectivity index (χ2v) is 5.97. The second-order valence-electron chi connectivity index (χ2n) is 5.97. The number of aryl methyl sites for hydroxylation is 1. The molecule has 6 heteroatoms. The Morgan fingerprint density at radius 1 is 1.35 bits per heavy atom. The van der Waals surface area contributed by atoms with Gasteiger partial charge in [-0.25, -0.2) is 4.79 Å². The number of aromatic amines is 1. The van der Waals surface area contributed by atoms with E-state index in [0.29, 0.717) is 19.4 Å². The first-order valence-electron chi connectivity index (χ1n) is 7.75. The normalized spacial score (nSPS) is 21.5. The quantitative estimate of drug-likeness (QED) is 0.901. The highest BCUT2D eigenvalue weighted by Gasteiger charge is 2.32. The Bertz CT molecular complexity index is 724. The van der Waals surface area contributed by atoms with Crippen LogP contribution in [0.25, 0.3) is 10.9 Å². The molecule has 23 heavy (non-hydrogen) atoms. The van der Waals surface area contributed by atoms with Crippen molar-refractivity contribution in [3.05, 3.63) is 36.0 Å². The number of fused-ring (bicyclic) bond motifs is 1. The van der Waals surface area contributed by atoms with Crippen LogP contribution in [-0.2, 0) is 20.7 Å². The lowest BCUT2D eigenvalue weighted by molar-refractivity contribution is -0.166. The summed E-state index contributed by atoms with van der Waals surface area (Å²) >= 11 is 0. The van der Waals surface area contributed by atoms with Gasteiger partial charge in [-0.15, -0.1) is 0 Å². The predicted molar refractivity (Wildman–Crippen MR) is 85.2 cm³/mol. The Labute approximate surface area is 134 Å². The van der Waals surface area contributed by atoms with Gasteiger partial charge >= 0.3 is 5.97 Å². The maximum Gasteiger partial charge on any atom is 0.334 e. The Hall–Kier alpha value is -2.34. The second kappa shape index (κ2) is 6.42. The summed E-state index contributed by atoms with van der Waals surface area (Å²) < 4.78 is 5.33. The van der Waals surface area contributed by atoms with Crippen molar-refractivity contribution in [2.24, 2.45) is 0 Å². The van der Waals surface area contributed by atoms with Crippen LogP contribution in [-0.4, -0.2) is 52.2 Å². The molecule has 6 nitrogen and oxygen atoms in total. The molecule has 1 aromatic heterocycles. The van der Waals surface area contributed by atoms with Crippen LogP contribution in [0.15, 0.2) is 30.5 Å². The number of benzene rings is 1. The van der Waals surface area contributed by atoms with Crippen LogP contribution in [0.5, 0.6) is 0 Å². The Morgan fingerprint density at radius 3 is 2.96 bits per heavy atom. The van der Waals surface area contributed by atoms with E-state index in [1.165, 1.54) is 0 Å². The molecule has 1 aliphatic rings. The Kier molecular flexibility index (Phi) is 4.34. The first-order chi connectivity index (χ1) is 11.0. The van der Waals surface area contributed by atoms with Crippen LogP contribution in [0, 0.1) is 0 Å². The van der Waals surface area contributed by atoms with Crippen molar-refractivity contribution in [3.63, 3.8) is 0 Å². The SMILES string of the molecule is C[C@@H]1CN(C(=O)CCc2ccc3[nH]ccc3c2)CC(C(=O)O)O1. The van der Waals surface area contributed by atoms with Crippen molar-refractivity contribution >= 4 is 22.8 Å². The summed E-state index contributed by atoms with van der Waals surface area (Å²) in [5.74, 6) is -1.05. The maximum absolute atomic E-state index is 12.4. The zero-order valence-corrected chi connectivity index (χ0v) is 13.0. The van der Waals surface area contributed by atoms with E-state index < -0.39 is 12.1 Å². The molecule has 0 spiro atoms. The molecule has 2 heterocycles. The van der Waals surface area contributed by atoms with Crippen LogP contribution < -0.4 is 0 Å². The summed E-state index contributed by atoms with van der Waals surface area (Å²) in [4.78, 5) is 28.2. The highest BCUT2D eigenvalue weighted by atomic mass is 16.5. The number of rotatable bonds is 4. The largest absolute Gasteiger partial charge is 0.479 e. The average Bonchev–Trinajstić information content (AvgIpc) is 2.99. The van der Waals surface area contributed by atoms with Crippen LogP contribution in [0.1, 0.15) is 18.9 Å². The summed E-state index contributed by atoms with van der Waals surface area (Å²) in [6, 6.07) is 8.09. The zero-order valence-electron chi connectivity index (χ0n) is 13.0. The van der Waals surface area contributed by atoms with Crippen LogP contribution in [0.4, 0.5) is 0 Å². The van der Waals surface area contributed by atoms with Crippen molar-refractivity contribution < 1.29 is 19.4 Å². The first kappa shape index (κ1) is 15.6. The van der Waals surface area contributed by atoms with E-state index in [9.17, 15) is 9.59 Å². The molecule has 1 amide bonds. The van der Waals surface area contributed by atoms with Gasteiger partial charge in [0, 0.05) is 24.7 Å². The molecular formula is C17H20N2O4. The van der Waals surface area contributed by atoms with Crippen molar-refractivity contribution in [1.82, 2.24) is 9.88 Å². The highest BCUT2D eigenvalue weighted by molar-refractivity contribution is 5.81. The number of nitrogens with one attached hydrogen (secondary N) is 1. The number of morpholine rings is 1. The Morgan fingerprint density at radius 2 is 2.17 bits per heavy atom. The minimum atomic E-state index is -1.02. The number of carbonyl (C=O) groups is 2. The number of carbonyl (C=O) groups excluding carboxylic acids is 1. The van der Waals surface area contributed by atoms with Crippen LogP contribution >= 0.6 is 0 Å². The number of ether oxygens (including phenoxy) is 1. The molecule has 122 valence electrons. The van der Waals surface area contributed by atoms with Gasteiger partial charge in [0.2, 0.25) is 5.91 Å². The van der Waals surface area contributed by atoms with Gasteiger partial charge in [-0.05, 0) is 42.5 Å². The summed E-state index contributed by atoms with van der Waals surface area (Å²) in [6.45, 7) is 2.35. The van der Waals surface area contributed by atoms with E-state index in [2.05, 4.69) is 11.1 Å². The fraction of sp³-hybridized carbons (Fsp3) is 0.412. The van der Waals surface area contributed by atoms with E-state index in [4.69, 9.17) is 9.84 Å². The molecule has 0 radical (unpaired) electrons. The Balaban J connectivity index is 1.60. The molecular weight excluding hydrogens is 296 g/mol. The number of carboxylic acid groups (broad SMARTS) is 1. The molecule has 2 N–H and O–H groups in total. The van der Waals surface area contributed by atoms with Crippen molar-refractivity contribution in [3.8, 4) is 0 Å². The van der Waals surface area contributed by atoms with Crippen molar-refractivity contribution in [2.75, 3.05) is 13.1 Å². The van der Waals surface area contributed by atoms with Gasteiger partial charge in [0.1, 0.15) is 0 Å². The molecule has 2 aromatic rings. The zero-order chi connectivity index (χ0) is 16.4. The smallest absolute Gasteiger partial charge is 0.334 e. The van der Waals surface area contributed by atoms with E-state index in [-0.39, 0.29) is 18.6 Å². The van der Waals surface area contributed by atoms with Gasteiger partial charge in [0.05, 0.1) is 12.6 Å². The molecule has 1 unspecified atom stereocenters. The monoisotopic (exact) mass is 316 g/mol. The summed E-state index contributed by atoms with van der Waals surface area (Å²) in [5, 5.41) is 10.2. The highest BCUT2D eigenvalue weighted by Crippen LogP contribution is 2.17. The lowest BCUT2D eigenvalue weighted by atomic mass is 10.1. The van der Waals surface area contributed by atoms with E-state index in [1.807, 2.05) is 24.4 Å². The molecule has 1 aliphatic heterocycles. The minimum absolute atomic E-state index is 0.0273. The third kappa shape index (κ3) is 3.53. The van der Waals surface area contributed by atoms with E-state index in [0.717, 1.165) is 16.5 Å². The molecule has 1 aromatic carbocycles. The average molecular weight is 316 g/mol. The van der Waals surface area contributed by atoms with Gasteiger partial charge < -0.3 is 19.7 Å². The fourth-order valence-electron chi connectivity index (χ4n) is 2.96. The van der Waals surface area contributed by atoms with Crippen LogP contribution in [0.2, 0.25) is 0 Å². The first-order valence-corrected chi connectivity index (χ1v) is 7.75.